The standard InChI is InChI=1S/C16H20F2O2/c1-10-3-4-13(9-11(10)2)15(19)12-5-7-14(8-6-12)20-16(17)18/h5-8,10-11,13,16H,3-4,9H2,1-2H3. The lowest BCUT2D eigenvalue weighted by Gasteiger charge is -2.31. The number of carbonyl (C=O) groups excluding carboxylic acids is 1. The molecule has 1 saturated carbocycles. The van der Waals surface area contributed by atoms with Gasteiger partial charge < -0.3 is 4.74 Å². The summed E-state index contributed by atoms with van der Waals surface area (Å²) < 4.78 is 28.4. The highest BCUT2D eigenvalue weighted by Gasteiger charge is 2.29. The molecule has 1 fully saturated rings. The van der Waals surface area contributed by atoms with Gasteiger partial charge in [-0.25, -0.2) is 0 Å². The van der Waals surface area contributed by atoms with Crippen LogP contribution >= 0.6 is 0 Å². The Kier molecular flexibility index (Phi) is 4.73. The molecule has 0 heterocycles. The van der Waals surface area contributed by atoms with E-state index in [1.807, 2.05) is 0 Å². The van der Waals surface area contributed by atoms with E-state index in [4.69, 9.17) is 0 Å². The molecule has 0 N–H and O–H groups in total. The molecule has 0 spiro atoms. The zero-order chi connectivity index (χ0) is 14.7. The smallest absolute Gasteiger partial charge is 0.387 e. The first-order chi connectivity index (χ1) is 9.47. The molecule has 1 aromatic rings. The van der Waals surface area contributed by atoms with Gasteiger partial charge in [0.1, 0.15) is 5.75 Å². The van der Waals surface area contributed by atoms with Crippen LogP contribution in [0.5, 0.6) is 5.75 Å². The summed E-state index contributed by atoms with van der Waals surface area (Å²) in [5.41, 5.74) is 0.582. The van der Waals surface area contributed by atoms with Crippen molar-refractivity contribution in [3.05, 3.63) is 29.8 Å². The first kappa shape index (κ1) is 14.9. The molecular formula is C16H20F2O2. The second-order valence-electron chi connectivity index (χ2n) is 5.73. The Morgan fingerprint density at radius 3 is 2.35 bits per heavy atom. The lowest BCUT2D eigenvalue weighted by Crippen LogP contribution is -2.26. The molecular weight excluding hydrogens is 262 g/mol. The van der Waals surface area contributed by atoms with E-state index >= 15 is 0 Å². The second kappa shape index (κ2) is 6.33. The number of hydrogen-bond acceptors (Lipinski definition) is 2. The minimum Gasteiger partial charge on any atom is -0.435 e. The van der Waals surface area contributed by atoms with Crippen LogP contribution in [0.3, 0.4) is 0 Å². The highest BCUT2D eigenvalue weighted by Crippen LogP contribution is 2.35. The monoisotopic (exact) mass is 282 g/mol. The van der Waals surface area contributed by atoms with Gasteiger partial charge in [0.25, 0.3) is 0 Å². The van der Waals surface area contributed by atoms with Crippen molar-refractivity contribution in [3.8, 4) is 5.75 Å². The minimum absolute atomic E-state index is 0.0584. The lowest BCUT2D eigenvalue weighted by atomic mass is 9.73. The molecule has 110 valence electrons. The maximum absolute atomic E-state index is 12.4. The zero-order valence-corrected chi connectivity index (χ0v) is 11.8. The summed E-state index contributed by atoms with van der Waals surface area (Å²) in [5, 5.41) is 0. The van der Waals surface area contributed by atoms with Crippen molar-refractivity contribution >= 4 is 5.78 Å². The molecule has 4 heteroatoms. The third-order valence-electron chi connectivity index (χ3n) is 4.33. The predicted octanol–water partition coefficient (Wildman–Crippen LogP) is 4.54. The number of benzene rings is 1. The molecule has 3 atom stereocenters. The van der Waals surface area contributed by atoms with Gasteiger partial charge in [0, 0.05) is 11.5 Å². The molecule has 20 heavy (non-hydrogen) atoms. The number of ketones is 1. The molecule has 0 bridgehead atoms. The van der Waals surface area contributed by atoms with Crippen LogP contribution in [0.1, 0.15) is 43.5 Å². The Hall–Kier alpha value is -1.45. The normalized spacial score (nSPS) is 26.6. The molecule has 1 aromatic carbocycles. The predicted molar refractivity (Wildman–Crippen MR) is 73.1 cm³/mol. The molecule has 0 aromatic heterocycles. The Morgan fingerprint density at radius 1 is 1.15 bits per heavy atom. The van der Waals surface area contributed by atoms with Gasteiger partial charge in [-0.3, -0.25) is 4.79 Å². The van der Waals surface area contributed by atoms with Crippen molar-refractivity contribution in [2.75, 3.05) is 0 Å². The van der Waals surface area contributed by atoms with E-state index in [0.29, 0.717) is 17.4 Å². The number of alkyl halides is 2. The second-order valence-corrected chi connectivity index (χ2v) is 5.73. The van der Waals surface area contributed by atoms with E-state index in [9.17, 15) is 13.6 Å². The van der Waals surface area contributed by atoms with Gasteiger partial charge in [-0.1, -0.05) is 13.8 Å². The topological polar surface area (TPSA) is 26.3 Å². The van der Waals surface area contributed by atoms with Crippen LogP contribution < -0.4 is 4.74 Å². The number of carbonyl (C=O) groups is 1. The van der Waals surface area contributed by atoms with Crippen LogP contribution in [0.4, 0.5) is 8.78 Å². The van der Waals surface area contributed by atoms with Crippen LogP contribution in [0.25, 0.3) is 0 Å². The maximum Gasteiger partial charge on any atom is 0.387 e. The first-order valence-corrected chi connectivity index (χ1v) is 7.06. The average Bonchev–Trinajstić information content (AvgIpc) is 2.41. The van der Waals surface area contributed by atoms with Crippen LogP contribution in [-0.4, -0.2) is 12.4 Å². The van der Waals surface area contributed by atoms with Gasteiger partial charge in [0.2, 0.25) is 0 Å². The summed E-state index contributed by atoms with van der Waals surface area (Å²) >= 11 is 0. The maximum atomic E-state index is 12.4. The van der Waals surface area contributed by atoms with Crippen LogP contribution in [0.15, 0.2) is 24.3 Å². The van der Waals surface area contributed by atoms with Crippen molar-refractivity contribution in [2.45, 2.75) is 39.7 Å². The van der Waals surface area contributed by atoms with Crippen molar-refractivity contribution in [3.63, 3.8) is 0 Å². The van der Waals surface area contributed by atoms with Gasteiger partial charge in [0.15, 0.2) is 5.78 Å². The Balaban J connectivity index is 2.02. The van der Waals surface area contributed by atoms with Crippen molar-refractivity contribution in [1.29, 1.82) is 0 Å². The zero-order valence-electron chi connectivity index (χ0n) is 11.8. The van der Waals surface area contributed by atoms with Gasteiger partial charge in [-0.15, -0.1) is 0 Å². The molecule has 1 aliphatic carbocycles. The molecule has 0 radical (unpaired) electrons. The van der Waals surface area contributed by atoms with Crippen LogP contribution in [-0.2, 0) is 0 Å². The fourth-order valence-electron chi connectivity index (χ4n) is 2.82. The van der Waals surface area contributed by atoms with Crippen molar-refractivity contribution in [1.82, 2.24) is 0 Å². The highest BCUT2D eigenvalue weighted by molar-refractivity contribution is 5.98. The summed E-state index contributed by atoms with van der Waals surface area (Å²) in [6, 6.07) is 5.99. The van der Waals surface area contributed by atoms with Gasteiger partial charge >= 0.3 is 6.61 Å². The largest absolute Gasteiger partial charge is 0.435 e. The third kappa shape index (κ3) is 3.56. The third-order valence-corrected chi connectivity index (χ3v) is 4.33. The highest BCUT2D eigenvalue weighted by atomic mass is 19.3. The van der Waals surface area contributed by atoms with Crippen molar-refractivity contribution in [2.24, 2.45) is 17.8 Å². The molecule has 2 nitrogen and oxygen atoms in total. The molecule has 2 rings (SSSR count). The van der Waals surface area contributed by atoms with E-state index < -0.39 is 6.61 Å². The summed E-state index contributed by atoms with van der Waals surface area (Å²) in [5.74, 6) is 1.48. The van der Waals surface area contributed by atoms with E-state index in [1.54, 1.807) is 12.1 Å². The van der Waals surface area contributed by atoms with Gasteiger partial charge in [-0.2, -0.15) is 8.78 Å². The Bertz CT molecular complexity index is 456. The molecule has 3 unspecified atom stereocenters. The summed E-state index contributed by atoms with van der Waals surface area (Å²) in [6.07, 6.45) is 2.90. The molecule has 0 saturated heterocycles. The van der Waals surface area contributed by atoms with Crippen LogP contribution in [0.2, 0.25) is 0 Å². The average molecular weight is 282 g/mol. The molecule has 0 amide bonds. The summed E-state index contributed by atoms with van der Waals surface area (Å²) in [4.78, 5) is 12.4. The number of hydrogen-bond donors (Lipinski definition) is 0. The number of ether oxygens (including phenoxy) is 1. The van der Waals surface area contributed by atoms with Gasteiger partial charge in [-0.05, 0) is 55.4 Å². The lowest BCUT2D eigenvalue weighted by molar-refractivity contribution is -0.0498. The fourth-order valence-corrected chi connectivity index (χ4v) is 2.82. The van der Waals surface area contributed by atoms with E-state index in [0.717, 1.165) is 19.3 Å². The first-order valence-electron chi connectivity index (χ1n) is 7.06. The quantitative estimate of drug-likeness (QED) is 0.758. The van der Waals surface area contributed by atoms with E-state index in [2.05, 4.69) is 18.6 Å². The summed E-state index contributed by atoms with van der Waals surface area (Å²) in [7, 11) is 0. The Morgan fingerprint density at radius 2 is 1.80 bits per heavy atom. The van der Waals surface area contributed by atoms with Gasteiger partial charge in [0.05, 0.1) is 0 Å². The Labute approximate surface area is 118 Å². The SMILES string of the molecule is CC1CCC(C(=O)c2ccc(OC(F)F)cc2)CC1C. The number of rotatable bonds is 4. The fraction of sp³-hybridized carbons (Fsp3) is 0.562. The molecule has 1 aliphatic rings. The number of halogens is 2. The van der Waals surface area contributed by atoms with Crippen molar-refractivity contribution < 1.29 is 18.3 Å². The van der Waals surface area contributed by atoms with E-state index in [1.165, 1.54) is 12.1 Å². The van der Waals surface area contributed by atoms with Crippen LogP contribution in [0, 0.1) is 17.8 Å². The minimum atomic E-state index is -2.84. The summed E-state index contributed by atoms with van der Waals surface area (Å²) in [6.45, 7) is 1.57. The molecule has 0 aliphatic heterocycles. The van der Waals surface area contributed by atoms with E-state index in [-0.39, 0.29) is 17.5 Å². The number of Topliss-reactive ketones (excluding diaryl/α,β-unsaturated/α-hetero) is 1.